The maximum absolute atomic E-state index is 5.59. The van der Waals surface area contributed by atoms with E-state index in [4.69, 9.17) is 4.74 Å². The Morgan fingerprint density at radius 1 is 1.00 bits per heavy atom. The monoisotopic (exact) mass is 341 g/mol. The molecule has 0 saturated carbocycles. The van der Waals surface area contributed by atoms with Gasteiger partial charge >= 0.3 is 0 Å². The summed E-state index contributed by atoms with van der Waals surface area (Å²) in [4.78, 5) is 4.09. The molecular formula is C12H9Br2NO. The van der Waals surface area contributed by atoms with Gasteiger partial charge in [-0.3, -0.25) is 0 Å². The number of hydrogen-bond acceptors (Lipinski definition) is 2. The molecule has 1 aromatic heterocycles. The number of benzene rings is 1. The fourth-order valence-corrected chi connectivity index (χ4v) is 1.69. The zero-order valence-corrected chi connectivity index (χ0v) is 11.5. The smallest absolute Gasteiger partial charge is 0.138 e. The molecule has 0 bridgehead atoms. The highest BCUT2D eigenvalue weighted by molar-refractivity contribution is 9.10. The molecule has 2 nitrogen and oxygen atoms in total. The van der Waals surface area contributed by atoms with E-state index in [1.54, 1.807) is 6.20 Å². The topological polar surface area (TPSA) is 22.1 Å². The van der Waals surface area contributed by atoms with Gasteiger partial charge in [-0.1, -0.05) is 28.1 Å². The molecule has 0 unspecified atom stereocenters. The molecule has 0 atom stereocenters. The Morgan fingerprint density at radius 2 is 1.75 bits per heavy atom. The highest BCUT2D eigenvalue weighted by atomic mass is 79.9. The van der Waals surface area contributed by atoms with Crippen LogP contribution < -0.4 is 4.74 Å². The van der Waals surface area contributed by atoms with Gasteiger partial charge in [0.05, 0.1) is 6.20 Å². The predicted octanol–water partition coefficient (Wildman–Crippen LogP) is 4.19. The zero-order chi connectivity index (χ0) is 11.4. The van der Waals surface area contributed by atoms with Crippen LogP contribution in [0.3, 0.4) is 0 Å². The second-order valence-corrected chi connectivity index (χ2v) is 4.96. The molecule has 0 amide bonds. The van der Waals surface area contributed by atoms with E-state index >= 15 is 0 Å². The van der Waals surface area contributed by atoms with Crippen LogP contribution in [0.5, 0.6) is 5.75 Å². The Labute approximate surface area is 111 Å². The van der Waals surface area contributed by atoms with Gasteiger partial charge < -0.3 is 4.74 Å². The molecule has 2 rings (SSSR count). The normalized spacial score (nSPS) is 10.1. The molecule has 4 heteroatoms. The largest absolute Gasteiger partial charge is 0.487 e. The number of halogens is 2. The lowest BCUT2D eigenvalue weighted by molar-refractivity contribution is 0.305. The molecule has 0 spiro atoms. The average Bonchev–Trinajstić information content (AvgIpc) is 2.30. The van der Waals surface area contributed by atoms with Gasteiger partial charge in [0.25, 0.3) is 0 Å². The molecule has 82 valence electrons. The summed E-state index contributed by atoms with van der Waals surface area (Å²) < 4.78 is 7.47. The van der Waals surface area contributed by atoms with Gasteiger partial charge in [-0.05, 0) is 45.8 Å². The number of hydrogen-bond donors (Lipinski definition) is 0. The molecule has 0 aliphatic carbocycles. The molecule has 0 fully saturated rings. The molecule has 0 saturated heterocycles. The van der Waals surface area contributed by atoms with E-state index in [1.807, 2.05) is 36.4 Å². The van der Waals surface area contributed by atoms with Gasteiger partial charge in [-0.15, -0.1) is 0 Å². The van der Waals surface area contributed by atoms with Gasteiger partial charge in [-0.2, -0.15) is 0 Å². The second kappa shape index (κ2) is 5.46. The summed E-state index contributed by atoms with van der Waals surface area (Å²) in [5, 5.41) is 0. The van der Waals surface area contributed by atoms with Crippen LogP contribution in [-0.2, 0) is 6.61 Å². The average molecular weight is 343 g/mol. The van der Waals surface area contributed by atoms with Crippen LogP contribution in [0, 0.1) is 0 Å². The maximum atomic E-state index is 5.59. The summed E-state index contributed by atoms with van der Waals surface area (Å²) >= 11 is 6.67. The first-order valence-electron chi connectivity index (χ1n) is 4.73. The fourth-order valence-electron chi connectivity index (χ4n) is 1.19. The summed E-state index contributed by atoms with van der Waals surface area (Å²) in [6.45, 7) is 0.552. The molecule has 0 aliphatic heterocycles. The Hall–Kier alpha value is -0.870. The van der Waals surface area contributed by atoms with Crippen molar-refractivity contribution in [3.05, 3.63) is 57.2 Å². The van der Waals surface area contributed by atoms with Crippen molar-refractivity contribution >= 4 is 31.9 Å². The first-order chi connectivity index (χ1) is 7.74. The maximum Gasteiger partial charge on any atom is 0.138 e. The molecule has 2 aromatic rings. The minimum Gasteiger partial charge on any atom is -0.487 e. The van der Waals surface area contributed by atoms with E-state index in [-0.39, 0.29) is 0 Å². The minimum absolute atomic E-state index is 0.552. The van der Waals surface area contributed by atoms with E-state index in [0.29, 0.717) is 6.61 Å². The molecule has 0 aliphatic rings. The van der Waals surface area contributed by atoms with Gasteiger partial charge in [0.2, 0.25) is 0 Å². The zero-order valence-electron chi connectivity index (χ0n) is 8.36. The van der Waals surface area contributed by atoms with Gasteiger partial charge in [0, 0.05) is 4.47 Å². The van der Waals surface area contributed by atoms with Crippen LogP contribution in [0.2, 0.25) is 0 Å². The van der Waals surface area contributed by atoms with E-state index < -0.39 is 0 Å². The number of ether oxygens (including phenoxy) is 1. The highest BCUT2D eigenvalue weighted by Gasteiger charge is 1.96. The van der Waals surface area contributed by atoms with E-state index in [2.05, 4.69) is 36.8 Å². The van der Waals surface area contributed by atoms with Gasteiger partial charge in [0.1, 0.15) is 17.0 Å². The lowest BCUT2D eigenvalue weighted by atomic mass is 10.2. The van der Waals surface area contributed by atoms with Crippen molar-refractivity contribution in [2.24, 2.45) is 0 Å². The standard InChI is InChI=1S/C12H9Br2NO/c13-10-3-1-9(2-4-10)8-16-11-5-6-12(14)15-7-11/h1-7H,8H2. The van der Waals surface area contributed by atoms with Crippen LogP contribution in [0.15, 0.2) is 51.7 Å². The highest BCUT2D eigenvalue weighted by Crippen LogP contribution is 2.15. The third-order valence-corrected chi connectivity index (χ3v) is 3.02. The Morgan fingerprint density at radius 3 is 2.38 bits per heavy atom. The first kappa shape index (κ1) is 11.6. The summed E-state index contributed by atoms with van der Waals surface area (Å²) in [7, 11) is 0. The Bertz CT molecular complexity index is 408. The summed E-state index contributed by atoms with van der Waals surface area (Å²) in [5.41, 5.74) is 1.13. The molecule has 1 aromatic carbocycles. The van der Waals surface area contributed by atoms with Gasteiger partial charge in [-0.25, -0.2) is 4.98 Å². The lowest BCUT2D eigenvalue weighted by Gasteiger charge is -2.05. The van der Waals surface area contributed by atoms with Crippen molar-refractivity contribution in [2.75, 3.05) is 0 Å². The van der Waals surface area contributed by atoms with Crippen LogP contribution in [0.4, 0.5) is 0 Å². The van der Waals surface area contributed by atoms with E-state index in [1.165, 1.54) is 0 Å². The Balaban J connectivity index is 1.97. The fraction of sp³-hybridized carbons (Fsp3) is 0.0833. The van der Waals surface area contributed by atoms with E-state index in [0.717, 1.165) is 20.4 Å². The van der Waals surface area contributed by atoms with Crippen molar-refractivity contribution in [2.45, 2.75) is 6.61 Å². The number of aromatic nitrogens is 1. The van der Waals surface area contributed by atoms with Crippen molar-refractivity contribution in [3.63, 3.8) is 0 Å². The quantitative estimate of drug-likeness (QED) is 0.780. The lowest BCUT2D eigenvalue weighted by Crippen LogP contribution is -1.95. The first-order valence-corrected chi connectivity index (χ1v) is 6.31. The van der Waals surface area contributed by atoms with E-state index in [9.17, 15) is 0 Å². The molecular weight excluding hydrogens is 334 g/mol. The van der Waals surface area contributed by atoms with Crippen molar-refractivity contribution in [1.29, 1.82) is 0 Å². The summed E-state index contributed by atoms with van der Waals surface area (Å²) in [6.07, 6.45) is 1.70. The predicted molar refractivity (Wildman–Crippen MR) is 70.4 cm³/mol. The van der Waals surface area contributed by atoms with Gasteiger partial charge in [0.15, 0.2) is 0 Å². The van der Waals surface area contributed by atoms with Crippen LogP contribution in [0.25, 0.3) is 0 Å². The van der Waals surface area contributed by atoms with Crippen molar-refractivity contribution in [3.8, 4) is 5.75 Å². The summed E-state index contributed by atoms with van der Waals surface area (Å²) in [6, 6.07) is 11.8. The molecule has 0 N–H and O–H groups in total. The molecule has 1 heterocycles. The third-order valence-electron chi connectivity index (χ3n) is 2.02. The number of pyridine rings is 1. The Kier molecular flexibility index (Phi) is 3.96. The molecule has 16 heavy (non-hydrogen) atoms. The van der Waals surface area contributed by atoms with Crippen LogP contribution >= 0.6 is 31.9 Å². The van der Waals surface area contributed by atoms with Crippen LogP contribution in [-0.4, -0.2) is 4.98 Å². The van der Waals surface area contributed by atoms with Crippen molar-refractivity contribution in [1.82, 2.24) is 4.98 Å². The summed E-state index contributed by atoms with van der Waals surface area (Å²) in [5.74, 6) is 0.770. The SMILES string of the molecule is Brc1ccc(COc2ccc(Br)nc2)cc1. The number of rotatable bonds is 3. The minimum atomic E-state index is 0.552. The molecule has 0 radical (unpaired) electrons. The number of nitrogens with zero attached hydrogens (tertiary/aromatic N) is 1. The second-order valence-electron chi connectivity index (χ2n) is 3.23. The third kappa shape index (κ3) is 3.32. The van der Waals surface area contributed by atoms with Crippen molar-refractivity contribution < 1.29 is 4.74 Å². The van der Waals surface area contributed by atoms with Crippen LogP contribution in [0.1, 0.15) is 5.56 Å².